The molecule has 0 aliphatic rings. The number of aryl methyl sites for hydroxylation is 1. The Kier molecular flexibility index (Phi) is 4.93. The predicted octanol–water partition coefficient (Wildman–Crippen LogP) is 2.31. The minimum Gasteiger partial charge on any atom is -0.377 e. The number of benzene rings is 1. The number of rotatable bonds is 5. The van der Waals surface area contributed by atoms with Crippen LogP contribution in [0.4, 0.5) is 5.69 Å². The molecule has 0 fully saturated rings. The zero-order valence-electron chi connectivity index (χ0n) is 12.8. The van der Waals surface area contributed by atoms with Crippen LogP contribution >= 0.6 is 0 Å². The Morgan fingerprint density at radius 3 is 2.67 bits per heavy atom. The highest BCUT2D eigenvalue weighted by atomic mass is 16.1. The average molecular weight is 283 g/mol. The van der Waals surface area contributed by atoms with Gasteiger partial charge in [0.05, 0.1) is 6.42 Å². The molecule has 0 saturated heterocycles. The number of aromatic nitrogens is 1. The van der Waals surface area contributed by atoms with E-state index in [1.54, 1.807) is 12.4 Å². The first-order valence-corrected chi connectivity index (χ1v) is 6.98. The van der Waals surface area contributed by atoms with Gasteiger partial charge in [0.1, 0.15) is 0 Å². The van der Waals surface area contributed by atoms with Gasteiger partial charge in [0, 0.05) is 38.7 Å². The van der Waals surface area contributed by atoms with Crippen LogP contribution in [0.2, 0.25) is 0 Å². The summed E-state index contributed by atoms with van der Waals surface area (Å²) in [5.74, 6) is 0.0114. The molecule has 0 aliphatic heterocycles. The second-order valence-electron chi connectivity index (χ2n) is 5.33. The van der Waals surface area contributed by atoms with Gasteiger partial charge in [0.15, 0.2) is 0 Å². The summed E-state index contributed by atoms with van der Waals surface area (Å²) in [7, 11) is 4.05. The third-order valence-electron chi connectivity index (χ3n) is 3.32. The maximum absolute atomic E-state index is 11.9. The van der Waals surface area contributed by atoms with Crippen LogP contribution in [-0.4, -0.2) is 25.0 Å². The smallest absolute Gasteiger partial charge is 0.224 e. The molecule has 0 saturated carbocycles. The minimum absolute atomic E-state index is 0.0114. The zero-order chi connectivity index (χ0) is 15.2. The van der Waals surface area contributed by atoms with E-state index >= 15 is 0 Å². The second kappa shape index (κ2) is 6.88. The Hall–Kier alpha value is -2.36. The number of carbonyl (C=O) groups excluding carboxylic acids is 1. The Balaban J connectivity index is 1.91. The largest absolute Gasteiger partial charge is 0.377 e. The Labute approximate surface area is 125 Å². The van der Waals surface area contributed by atoms with Crippen LogP contribution in [-0.2, 0) is 17.8 Å². The molecule has 0 bridgehead atoms. The van der Waals surface area contributed by atoms with E-state index in [2.05, 4.69) is 34.3 Å². The number of amides is 1. The first-order chi connectivity index (χ1) is 10.1. The lowest BCUT2D eigenvalue weighted by atomic mass is 10.1. The number of pyridine rings is 1. The summed E-state index contributed by atoms with van der Waals surface area (Å²) in [6.45, 7) is 2.63. The monoisotopic (exact) mass is 283 g/mol. The number of nitrogens with one attached hydrogen (secondary N) is 1. The lowest BCUT2D eigenvalue weighted by Gasteiger charge is -2.16. The van der Waals surface area contributed by atoms with Crippen molar-refractivity contribution in [3.8, 4) is 0 Å². The molecule has 4 heteroatoms. The van der Waals surface area contributed by atoms with E-state index in [0.717, 1.165) is 11.1 Å². The van der Waals surface area contributed by atoms with Gasteiger partial charge in [-0.2, -0.15) is 0 Å². The van der Waals surface area contributed by atoms with Crippen molar-refractivity contribution >= 4 is 11.6 Å². The number of nitrogens with zero attached hydrogens (tertiary/aromatic N) is 2. The van der Waals surface area contributed by atoms with E-state index in [1.165, 1.54) is 11.3 Å². The van der Waals surface area contributed by atoms with Crippen molar-refractivity contribution in [1.82, 2.24) is 10.3 Å². The second-order valence-corrected chi connectivity index (χ2v) is 5.33. The molecular formula is C17H21N3O. The third kappa shape index (κ3) is 4.31. The van der Waals surface area contributed by atoms with E-state index in [4.69, 9.17) is 0 Å². The maximum Gasteiger partial charge on any atom is 0.224 e. The normalized spacial score (nSPS) is 10.2. The van der Waals surface area contributed by atoms with Gasteiger partial charge in [-0.05, 0) is 35.7 Å². The lowest BCUT2D eigenvalue weighted by Crippen LogP contribution is -2.24. The molecule has 110 valence electrons. The van der Waals surface area contributed by atoms with E-state index in [1.807, 2.05) is 32.3 Å². The highest BCUT2D eigenvalue weighted by Gasteiger charge is 2.05. The molecule has 21 heavy (non-hydrogen) atoms. The van der Waals surface area contributed by atoms with Crippen molar-refractivity contribution in [2.24, 2.45) is 0 Å². The quantitative estimate of drug-likeness (QED) is 0.916. The van der Waals surface area contributed by atoms with Crippen molar-refractivity contribution < 1.29 is 4.79 Å². The first-order valence-electron chi connectivity index (χ1n) is 6.98. The molecule has 4 nitrogen and oxygen atoms in total. The van der Waals surface area contributed by atoms with Gasteiger partial charge >= 0.3 is 0 Å². The topological polar surface area (TPSA) is 45.2 Å². The predicted molar refractivity (Wildman–Crippen MR) is 85.3 cm³/mol. The molecule has 0 atom stereocenters. The third-order valence-corrected chi connectivity index (χ3v) is 3.32. The van der Waals surface area contributed by atoms with E-state index in [-0.39, 0.29) is 5.91 Å². The van der Waals surface area contributed by atoms with Crippen LogP contribution < -0.4 is 10.2 Å². The van der Waals surface area contributed by atoms with Gasteiger partial charge in [-0.15, -0.1) is 0 Å². The van der Waals surface area contributed by atoms with Crippen molar-refractivity contribution in [3.05, 3.63) is 59.4 Å². The molecule has 1 amide bonds. The van der Waals surface area contributed by atoms with Gasteiger partial charge in [0.2, 0.25) is 5.91 Å². The van der Waals surface area contributed by atoms with Crippen LogP contribution in [0.5, 0.6) is 0 Å². The fourth-order valence-corrected chi connectivity index (χ4v) is 2.28. The molecule has 1 aromatic heterocycles. The van der Waals surface area contributed by atoms with Crippen molar-refractivity contribution in [1.29, 1.82) is 0 Å². The molecule has 0 radical (unpaired) electrons. The molecular weight excluding hydrogens is 262 g/mol. The number of hydrogen-bond acceptors (Lipinski definition) is 3. The van der Waals surface area contributed by atoms with Gasteiger partial charge in [-0.25, -0.2) is 0 Å². The fourth-order valence-electron chi connectivity index (χ4n) is 2.28. The minimum atomic E-state index is 0.0114. The Morgan fingerprint density at radius 1 is 1.24 bits per heavy atom. The Bertz CT molecular complexity index is 609. The lowest BCUT2D eigenvalue weighted by molar-refractivity contribution is -0.120. The summed E-state index contributed by atoms with van der Waals surface area (Å²) >= 11 is 0. The molecule has 1 aromatic carbocycles. The van der Waals surface area contributed by atoms with Crippen LogP contribution in [0.15, 0.2) is 42.7 Å². The summed E-state index contributed by atoms with van der Waals surface area (Å²) in [5.41, 5.74) is 4.44. The summed E-state index contributed by atoms with van der Waals surface area (Å²) < 4.78 is 0. The van der Waals surface area contributed by atoms with E-state index in [9.17, 15) is 4.79 Å². The van der Waals surface area contributed by atoms with Gasteiger partial charge in [-0.1, -0.05) is 18.2 Å². The van der Waals surface area contributed by atoms with Gasteiger partial charge in [-0.3, -0.25) is 9.78 Å². The van der Waals surface area contributed by atoms with Crippen LogP contribution in [0.25, 0.3) is 0 Å². The van der Waals surface area contributed by atoms with Crippen molar-refractivity contribution in [2.75, 3.05) is 19.0 Å². The van der Waals surface area contributed by atoms with Crippen LogP contribution in [0.3, 0.4) is 0 Å². The van der Waals surface area contributed by atoms with Gasteiger partial charge < -0.3 is 10.2 Å². The highest BCUT2D eigenvalue weighted by molar-refractivity contribution is 5.78. The molecule has 2 aromatic rings. The number of carbonyl (C=O) groups is 1. The van der Waals surface area contributed by atoms with Crippen molar-refractivity contribution in [3.63, 3.8) is 0 Å². The van der Waals surface area contributed by atoms with E-state index in [0.29, 0.717) is 13.0 Å². The molecule has 1 N–H and O–H groups in total. The molecule has 2 rings (SSSR count). The fraction of sp³-hybridized carbons (Fsp3) is 0.294. The van der Waals surface area contributed by atoms with Crippen LogP contribution in [0.1, 0.15) is 16.7 Å². The summed E-state index contributed by atoms with van der Waals surface area (Å²) in [4.78, 5) is 18.0. The van der Waals surface area contributed by atoms with E-state index < -0.39 is 0 Å². The standard InChI is InChI=1S/C17H21N3O/c1-13-9-15(6-7-16(13)20(2)3)12-19-17(21)10-14-5-4-8-18-11-14/h4-9,11H,10,12H2,1-3H3,(H,19,21). The number of anilines is 1. The SMILES string of the molecule is Cc1cc(CNC(=O)Cc2cccnc2)ccc1N(C)C. The zero-order valence-corrected chi connectivity index (χ0v) is 12.8. The Morgan fingerprint density at radius 2 is 2.05 bits per heavy atom. The highest BCUT2D eigenvalue weighted by Crippen LogP contribution is 2.18. The summed E-state index contributed by atoms with van der Waals surface area (Å²) in [5, 5.41) is 2.94. The van der Waals surface area contributed by atoms with Gasteiger partial charge in [0.25, 0.3) is 0 Å². The summed E-state index contributed by atoms with van der Waals surface area (Å²) in [6.07, 6.45) is 3.79. The average Bonchev–Trinajstić information content (AvgIpc) is 2.46. The molecule has 0 aliphatic carbocycles. The molecule has 0 unspecified atom stereocenters. The maximum atomic E-state index is 11.9. The van der Waals surface area contributed by atoms with Crippen molar-refractivity contribution in [2.45, 2.75) is 19.9 Å². The molecule has 1 heterocycles. The molecule has 0 spiro atoms. The number of hydrogen-bond donors (Lipinski definition) is 1. The first kappa shape index (κ1) is 15.0. The van der Waals surface area contributed by atoms with Crippen LogP contribution in [0, 0.1) is 6.92 Å². The summed E-state index contributed by atoms with van der Waals surface area (Å²) in [6, 6.07) is 9.98.